The summed E-state index contributed by atoms with van der Waals surface area (Å²) < 4.78 is 0. The third kappa shape index (κ3) is 2.60. The molecule has 2 aromatic heterocycles. The minimum Gasteiger partial charge on any atom is -0.259 e. The standard InChI is InChI=1S/C14H11N5/c1-2-7-13-11(5-1)9-16-18-14(13)19-17-10-12-6-3-4-8-15-12/h1-9H,10H2. The van der Waals surface area contributed by atoms with Gasteiger partial charge in [0.25, 0.3) is 0 Å². The van der Waals surface area contributed by atoms with Gasteiger partial charge >= 0.3 is 0 Å². The lowest BCUT2D eigenvalue weighted by Crippen LogP contribution is -1.85. The van der Waals surface area contributed by atoms with Crippen LogP contribution >= 0.6 is 0 Å². The summed E-state index contributed by atoms with van der Waals surface area (Å²) in [6.07, 6.45) is 3.45. The Labute approximate surface area is 110 Å². The summed E-state index contributed by atoms with van der Waals surface area (Å²) in [4.78, 5) is 4.18. The lowest BCUT2D eigenvalue weighted by molar-refractivity contribution is 0.897. The fourth-order valence-electron chi connectivity index (χ4n) is 1.75. The second kappa shape index (κ2) is 5.30. The molecule has 5 nitrogen and oxygen atoms in total. The van der Waals surface area contributed by atoms with Crippen molar-refractivity contribution in [2.24, 2.45) is 10.2 Å². The highest BCUT2D eigenvalue weighted by molar-refractivity contribution is 5.89. The molecule has 0 saturated heterocycles. The molecular formula is C14H11N5. The number of aromatic nitrogens is 3. The third-order valence-electron chi connectivity index (χ3n) is 2.68. The van der Waals surface area contributed by atoms with Gasteiger partial charge in [0.1, 0.15) is 6.54 Å². The maximum absolute atomic E-state index is 4.18. The molecule has 0 atom stereocenters. The Kier molecular flexibility index (Phi) is 3.18. The molecule has 0 unspecified atom stereocenters. The highest BCUT2D eigenvalue weighted by atomic mass is 15.2. The zero-order valence-corrected chi connectivity index (χ0v) is 10.1. The van der Waals surface area contributed by atoms with Crippen LogP contribution in [0.1, 0.15) is 5.69 Å². The molecule has 0 aliphatic carbocycles. The average Bonchev–Trinajstić information content (AvgIpc) is 2.49. The molecule has 3 rings (SSSR count). The van der Waals surface area contributed by atoms with Gasteiger partial charge in [0.15, 0.2) is 0 Å². The Balaban J connectivity index is 1.85. The largest absolute Gasteiger partial charge is 0.259 e. The van der Waals surface area contributed by atoms with E-state index in [1.807, 2.05) is 42.5 Å². The van der Waals surface area contributed by atoms with E-state index in [0.29, 0.717) is 12.4 Å². The van der Waals surface area contributed by atoms with Crippen molar-refractivity contribution in [1.82, 2.24) is 15.2 Å². The molecule has 0 spiro atoms. The van der Waals surface area contributed by atoms with E-state index in [1.165, 1.54) is 0 Å². The predicted molar refractivity (Wildman–Crippen MR) is 72.0 cm³/mol. The summed E-state index contributed by atoms with van der Waals surface area (Å²) in [6.45, 7) is 0.436. The molecular weight excluding hydrogens is 238 g/mol. The van der Waals surface area contributed by atoms with E-state index < -0.39 is 0 Å². The van der Waals surface area contributed by atoms with Crippen molar-refractivity contribution in [2.45, 2.75) is 6.54 Å². The Bertz CT molecular complexity index is 704. The second-order valence-electron chi connectivity index (χ2n) is 3.98. The maximum Gasteiger partial charge on any atom is 0.203 e. The first kappa shape index (κ1) is 11.4. The monoisotopic (exact) mass is 249 g/mol. The molecule has 0 radical (unpaired) electrons. The van der Waals surface area contributed by atoms with Gasteiger partial charge in [-0.3, -0.25) is 4.98 Å². The van der Waals surface area contributed by atoms with Crippen molar-refractivity contribution >= 4 is 16.6 Å². The van der Waals surface area contributed by atoms with Crippen LogP contribution in [-0.2, 0) is 6.54 Å². The summed E-state index contributed by atoms with van der Waals surface area (Å²) in [6, 6.07) is 13.5. The lowest BCUT2D eigenvalue weighted by Gasteiger charge is -1.98. The minimum absolute atomic E-state index is 0.436. The van der Waals surface area contributed by atoms with E-state index in [2.05, 4.69) is 25.4 Å². The lowest BCUT2D eigenvalue weighted by atomic mass is 10.2. The SMILES string of the molecule is c1ccc(CN=Nc2nncc3ccccc23)nc1. The number of hydrogen-bond acceptors (Lipinski definition) is 5. The summed E-state index contributed by atoms with van der Waals surface area (Å²) in [7, 11) is 0. The van der Waals surface area contributed by atoms with Crippen LogP contribution in [0.3, 0.4) is 0 Å². The molecule has 0 N–H and O–H groups in total. The molecule has 3 aromatic rings. The topological polar surface area (TPSA) is 63.4 Å². The fourth-order valence-corrected chi connectivity index (χ4v) is 1.75. The molecule has 0 aliphatic rings. The van der Waals surface area contributed by atoms with Crippen LogP contribution in [0.15, 0.2) is 65.1 Å². The van der Waals surface area contributed by atoms with E-state index in [9.17, 15) is 0 Å². The van der Waals surface area contributed by atoms with E-state index >= 15 is 0 Å². The van der Waals surface area contributed by atoms with Gasteiger partial charge in [0.2, 0.25) is 5.82 Å². The van der Waals surface area contributed by atoms with Gasteiger partial charge in [-0.2, -0.15) is 10.2 Å². The highest BCUT2D eigenvalue weighted by Gasteiger charge is 2.00. The van der Waals surface area contributed by atoms with Gasteiger partial charge < -0.3 is 0 Å². The molecule has 92 valence electrons. The molecule has 0 saturated carbocycles. The molecule has 0 amide bonds. The first-order valence-corrected chi connectivity index (χ1v) is 5.91. The highest BCUT2D eigenvalue weighted by Crippen LogP contribution is 2.22. The van der Waals surface area contributed by atoms with Crippen LogP contribution in [0.5, 0.6) is 0 Å². The van der Waals surface area contributed by atoms with Crippen LogP contribution < -0.4 is 0 Å². The summed E-state index contributed by atoms with van der Waals surface area (Å²) in [5.74, 6) is 0.536. The zero-order valence-electron chi connectivity index (χ0n) is 10.1. The number of pyridine rings is 1. The third-order valence-corrected chi connectivity index (χ3v) is 2.68. The van der Waals surface area contributed by atoms with Crippen molar-refractivity contribution in [3.05, 3.63) is 60.6 Å². The van der Waals surface area contributed by atoms with E-state index in [4.69, 9.17) is 0 Å². The molecule has 0 bridgehead atoms. The Morgan fingerprint density at radius 2 is 1.89 bits per heavy atom. The second-order valence-corrected chi connectivity index (χ2v) is 3.98. The Hall–Kier alpha value is -2.69. The van der Waals surface area contributed by atoms with Gasteiger partial charge in [-0.15, -0.1) is 10.2 Å². The first-order valence-electron chi connectivity index (χ1n) is 5.91. The van der Waals surface area contributed by atoms with Crippen LogP contribution in [0.25, 0.3) is 10.8 Å². The average molecular weight is 249 g/mol. The first-order chi connectivity index (χ1) is 9.43. The smallest absolute Gasteiger partial charge is 0.203 e. The summed E-state index contributed by atoms with van der Waals surface area (Å²) in [5, 5.41) is 18.1. The zero-order chi connectivity index (χ0) is 12.9. The van der Waals surface area contributed by atoms with Gasteiger partial charge in [-0.05, 0) is 12.1 Å². The number of benzene rings is 1. The van der Waals surface area contributed by atoms with Crippen LogP contribution in [0, 0.1) is 0 Å². The Morgan fingerprint density at radius 1 is 1.00 bits per heavy atom. The van der Waals surface area contributed by atoms with Crippen LogP contribution in [-0.4, -0.2) is 15.2 Å². The number of rotatable bonds is 3. The molecule has 0 fully saturated rings. The van der Waals surface area contributed by atoms with Crippen molar-refractivity contribution in [3.8, 4) is 0 Å². The van der Waals surface area contributed by atoms with Crippen LogP contribution in [0.2, 0.25) is 0 Å². The van der Waals surface area contributed by atoms with Crippen molar-refractivity contribution in [3.63, 3.8) is 0 Å². The number of nitrogens with zero attached hydrogens (tertiary/aromatic N) is 5. The van der Waals surface area contributed by atoms with Gasteiger partial charge in [-0.25, -0.2) is 0 Å². The molecule has 2 heterocycles. The van der Waals surface area contributed by atoms with E-state index in [-0.39, 0.29) is 0 Å². The molecule has 19 heavy (non-hydrogen) atoms. The molecule has 1 aromatic carbocycles. The summed E-state index contributed by atoms with van der Waals surface area (Å²) >= 11 is 0. The number of hydrogen-bond donors (Lipinski definition) is 0. The van der Waals surface area contributed by atoms with Crippen molar-refractivity contribution in [2.75, 3.05) is 0 Å². The predicted octanol–water partition coefficient (Wildman–Crippen LogP) is 3.31. The fraction of sp³-hybridized carbons (Fsp3) is 0.0714. The molecule has 0 aliphatic heterocycles. The Morgan fingerprint density at radius 3 is 2.79 bits per heavy atom. The van der Waals surface area contributed by atoms with E-state index in [0.717, 1.165) is 16.5 Å². The maximum atomic E-state index is 4.18. The van der Waals surface area contributed by atoms with Crippen molar-refractivity contribution < 1.29 is 0 Å². The van der Waals surface area contributed by atoms with Gasteiger partial charge in [0, 0.05) is 17.0 Å². The number of azo groups is 1. The normalized spacial score (nSPS) is 11.2. The van der Waals surface area contributed by atoms with Gasteiger partial charge in [-0.1, -0.05) is 30.3 Å². The van der Waals surface area contributed by atoms with Gasteiger partial charge in [0.05, 0.1) is 11.9 Å². The minimum atomic E-state index is 0.436. The molecule has 5 heteroatoms. The quantitative estimate of drug-likeness (QED) is 0.669. The summed E-state index contributed by atoms with van der Waals surface area (Å²) in [5.41, 5.74) is 0.874. The van der Waals surface area contributed by atoms with Crippen molar-refractivity contribution in [1.29, 1.82) is 0 Å². The van der Waals surface area contributed by atoms with E-state index in [1.54, 1.807) is 12.4 Å². The number of fused-ring (bicyclic) bond motifs is 1. The van der Waals surface area contributed by atoms with Crippen LogP contribution in [0.4, 0.5) is 5.82 Å².